The quantitative estimate of drug-likeness (QED) is 0.858. The minimum atomic E-state index is -4.10. The topological polar surface area (TPSA) is 17.0 Å². The van der Waals surface area contributed by atoms with E-state index in [2.05, 4.69) is 16.8 Å². The lowest BCUT2D eigenvalue weighted by Crippen LogP contribution is -2.30. The molecule has 1 unspecified atom stereocenters. The average Bonchev–Trinajstić information content (AvgIpc) is 2.48. The summed E-state index contributed by atoms with van der Waals surface area (Å²) in [6.07, 6.45) is -4.90. The molecule has 1 aromatic rings. The summed E-state index contributed by atoms with van der Waals surface area (Å²) < 4.78 is 38.7. The maximum absolute atomic E-state index is 12.2. The van der Waals surface area contributed by atoms with Gasteiger partial charge in [0.15, 0.2) is 0 Å². The van der Waals surface area contributed by atoms with Gasteiger partial charge < -0.3 is 9.88 Å². The van der Waals surface area contributed by atoms with E-state index in [1.807, 2.05) is 19.9 Å². The van der Waals surface area contributed by atoms with Crippen molar-refractivity contribution in [3.05, 3.63) is 23.0 Å². The number of nitrogens with one attached hydrogen (secondary N) is 1. The van der Waals surface area contributed by atoms with Crippen LogP contribution in [0.4, 0.5) is 13.2 Å². The van der Waals surface area contributed by atoms with Crippen molar-refractivity contribution in [2.24, 2.45) is 0 Å². The van der Waals surface area contributed by atoms with Crippen LogP contribution in [0.2, 0.25) is 0 Å². The van der Waals surface area contributed by atoms with Crippen LogP contribution in [-0.4, -0.2) is 16.8 Å². The van der Waals surface area contributed by atoms with Gasteiger partial charge in [0, 0.05) is 30.5 Å². The summed E-state index contributed by atoms with van der Waals surface area (Å²) in [6, 6.07) is 1.47. The first-order chi connectivity index (χ1) is 8.24. The molecular formula is C13H21F3N2. The number of hydrogen-bond donors (Lipinski definition) is 1. The van der Waals surface area contributed by atoms with E-state index in [0.717, 1.165) is 23.5 Å². The van der Waals surface area contributed by atoms with Crippen LogP contribution in [0.15, 0.2) is 6.07 Å². The summed E-state index contributed by atoms with van der Waals surface area (Å²) in [5.41, 5.74) is 3.35. The van der Waals surface area contributed by atoms with E-state index < -0.39 is 18.6 Å². The van der Waals surface area contributed by atoms with Crippen LogP contribution in [0, 0.1) is 13.8 Å². The van der Waals surface area contributed by atoms with Crippen molar-refractivity contribution in [1.29, 1.82) is 0 Å². The van der Waals surface area contributed by atoms with E-state index in [-0.39, 0.29) is 0 Å². The molecule has 0 aliphatic rings. The zero-order valence-corrected chi connectivity index (χ0v) is 11.4. The Balaban J connectivity index is 2.59. The molecule has 1 rings (SSSR count). The number of aryl methyl sites for hydroxylation is 1. The van der Waals surface area contributed by atoms with Crippen LogP contribution >= 0.6 is 0 Å². The van der Waals surface area contributed by atoms with Gasteiger partial charge in [-0.15, -0.1) is 0 Å². The fourth-order valence-corrected chi connectivity index (χ4v) is 2.24. The van der Waals surface area contributed by atoms with Crippen molar-refractivity contribution >= 4 is 0 Å². The van der Waals surface area contributed by atoms with Crippen LogP contribution in [0.3, 0.4) is 0 Å². The van der Waals surface area contributed by atoms with Crippen molar-refractivity contribution in [3.63, 3.8) is 0 Å². The van der Waals surface area contributed by atoms with Gasteiger partial charge >= 0.3 is 6.18 Å². The molecule has 0 saturated carbocycles. The molecule has 0 aliphatic heterocycles. The summed E-state index contributed by atoms with van der Waals surface area (Å²) in [6.45, 7) is 9.00. The molecular weight excluding hydrogens is 241 g/mol. The second kappa shape index (κ2) is 5.78. The van der Waals surface area contributed by atoms with Crippen molar-refractivity contribution in [2.45, 2.75) is 59.4 Å². The minimum Gasteiger partial charge on any atom is -0.349 e. The van der Waals surface area contributed by atoms with Crippen molar-refractivity contribution < 1.29 is 13.2 Å². The first kappa shape index (κ1) is 15.1. The Bertz CT molecular complexity index is 394. The predicted octanol–water partition coefficient (Wildman–Crippen LogP) is 3.56. The zero-order valence-electron chi connectivity index (χ0n) is 11.4. The van der Waals surface area contributed by atoms with Gasteiger partial charge in [-0.3, -0.25) is 0 Å². The van der Waals surface area contributed by atoms with E-state index >= 15 is 0 Å². The smallest absolute Gasteiger partial charge is 0.349 e. The van der Waals surface area contributed by atoms with Gasteiger partial charge in [-0.1, -0.05) is 0 Å². The Morgan fingerprint density at radius 3 is 2.39 bits per heavy atom. The van der Waals surface area contributed by atoms with Gasteiger partial charge in [0.1, 0.15) is 0 Å². The van der Waals surface area contributed by atoms with E-state index in [0.29, 0.717) is 6.54 Å². The average molecular weight is 262 g/mol. The number of alkyl halides is 3. The Morgan fingerprint density at radius 1 is 1.33 bits per heavy atom. The molecule has 0 saturated heterocycles. The molecule has 0 bridgehead atoms. The summed E-state index contributed by atoms with van der Waals surface area (Å²) in [5.74, 6) is 0. The van der Waals surface area contributed by atoms with Crippen LogP contribution in [-0.2, 0) is 13.1 Å². The number of aromatic nitrogens is 1. The highest BCUT2D eigenvalue weighted by Gasteiger charge is 2.29. The SMILES string of the molecule is CCn1c(C)cc(CNC(C)CC(F)(F)F)c1C. The van der Waals surface area contributed by atoms with Crippen LogP contribution in [0.1, 0.15) is 37.2 Å². The Kier molecular flexibility index (Phi) is 4.85. The molecule has 0 spiro atoms. The fraction of sp³-hybridized carbons (Fsp3) is 0.692. The van der Waals surface area contributed by atoms with Crippen LogP contribution in [0.25, 0.3) is 0 Å². The van der Waals surface area contributed by atoms with Gasteiger partial charge in [0.25, 0.3) is 0 Å². The first-order valence-electron chi connectivity index (χ1n) is 6.20. The summed E-state index contributed by atoms with van der Waals surface area (Å²) in [4.78, 5) is 0. The first-order valence-corrected chi connectivity index (χ1v) is 6.20. The van der Waals surface area contributed by atoms with Gasteiger partial charge in [0.2, 0.25) is 0 Å². The van der Waals surface area contributed by atoms with E-state index in [9.17, 15) is 13.2 Å². The lowest BCUT2D eigenvalue weighted by molar-refractivity contribution is -0.139. The largest absolute Gasteiger partial charge is 0.390 e. The molecule has 0 aliphatic carbocycles. The van der Waals surface area contributed by atoms with E-state index in [4.69, 9.17) is 0 Å². The molecule has 0 radical (unpaired) electrons. The molecule has 1 heterocycles. The second-order valence-corrected chi connectivity index (χ2v) is 4.74. The lowest BCUT2D eigenvalue weighted by Gasteiger charge is -2.15. The standard InChI is InChI=1S/C13H21F3N2/c1-5-18-10(3)6-12(11(18)4)8-17-9(2)7-13(14,15)16/h6,9,17H,5,7-8H2,1-4H3. The van der Waals surface area contributed by atoms with Crippen molar-refractivity contribution in [3.8, 4) is 0 Å². The Morgan fingerprint density at radius 2 is 1.94 bits per heavy atom. The second-order valence-electron chi connectivity index (χ2n) is 4.74. The van der Waals surface area contributed by atoms with Crippen molar-refractivity contribution in [1.82, 2.24) is 9.88 Å². The zero-order chi connectivity index (χ0) is 13.9. The maximum atomic E-state index is 12.2. The summed E-state index contributed by atoms with van der Waals surface area (Å²) in [5, 5.41) is 2.93. The number of rotatable bonds is 5. The minimum absolute atomic E-state index is 0.483. The molecule has 104 valence electrons. The van der Waals surface area contributed by atoms with Gasteiger partial charge in [0.05, 0.1) is 6.42 Å². The molecule has 18 heavy (non-hydrogen) atoms. The van der Waals surface area contributed by atoms with Gasteiger partial charge in [-0.25, -0.2) is 0 Å². The highest BCUT2D eigenvalue weighted by molar-refractivity contribution is 5.26. The molecule has 1 N–H and O–H groups in total. The predicted molar refractivity (Wildman–Crippen MR) is 66.6 cm³/mol. The Labute approximate surface area is 106 Å². The third-order valence-corrected chi connectivity index (χ3v) is 3.17. The maximum Gasteiger partial charge on any atom is 0.390 e. The third kappa shape index (κ3) is 4.05. The molecule has 1 atom stereocenters. The van der Waals surface area contributed by atoms with E-state index in [1.165, 1.54) is 0 Å². The molecule has 0 fully saturated rings. The monoisotopic (exact) mass is 262 g/mol. The van der Waals surface area contributed by atoms with E-state index in [1.54, 1.807) is 6.92 Å². The highest BCUT2D eigenvalue weighted by atomic mass is 19.4. The number of nitrogens with zero attached hydrogens (tertiary/aromatic N) is 1. The highest BCUT2D eigenvalue weighted by Crippen LogP contribution is 2.22. The summed E-state index contributed by atoms with van der Waals surface area (Å²) in [7, 11) is 0. The molecule has 2 nitrogen and oxygen atoms in total. The van der Waals surface area contributed by atoms with Crippen LogP contribution in [0.5, 0.6) is 0 Å². The van der Waals surface area contributed by atoms with Gasteiger partial charge in [-0.2, -0.15) is 13.2 Å². The van der Waals surface area contributed by atoms with Crippen molar-refractivity contribution in [2.75, 3.05) is 0 Å². The normalized spacial score (nSPS) is 13.9. The molecule has 0 amide bonds. The third-order valence-electron chi connectivity index (χ3n) is 3.17. The van der Waals surface area contributed by atoms with Gasteiger partial charge in [-0.05, 0) is 39.3 Å². The number of hydrogen-bond acceptors (Lipinski definition) is 1. The van der Waals surface area contributed by atoms with Crippen LogP contribution < -0.4 is 5.32 Å². The number of halogens is 3. The lowest BCUT2D eigenvalue weighted by atomic mass is 10.2. The molecule has 5 heteroatoms. The molecule has 1 aromatic heterocycles. The summed E-state index contributed by atoms with van der Waals surface area (Å²) >= 11 is 0. The molecule has 0 aromatic carbocycles. The fourth-order valence-electron chi connectivity index (χ4n) is 2.24. The Hall–Kier alpha value is -0.970.